The van der Waals surface area contributed by atoms with E-state index in [9.17, 15) is 14.4 Å². The highest BCUT2D eigenvalue weighted by molar-refractivity contribution is 5.89. The minimum atomic E-state index is -1.17. The molecule has 1 amide bonds. The number of benzene rings is 1. The van der Waals surface area contributed by atoms with Gasteiger partial charge in [0.25, 0.3) is 5.91 Å². The minimum Gasteiger partial charge on any atom is -0.493 e. The Kier molecular flexibility index (Phi) is 6.05. The first-order valence-corrected chi connectivity index (χ1v) is 11.3. The molecule has 2 heterocycles. The molecule has 2 fully saturated rings. The third kappa shape index (κ3) is 3.40. The van der Waals surface area contributed by atoms with Crippen molar-refractivity contribution in [3.05, 3.63) is 23.3 Å². The summed E-state index contributed by atoms with van der Waals surface area (Å²) < 4.78 is 22.5. The molecule has 0 aromatic heterocycles. The quantitative estimate of drug-likeness (QED) is 0.644. The molecule has 8 heteroatoms. The predicted molar refractivity (Wildman–Crippen MR) is 114 cm³/mol. The van der Waals surface area contributed by atoms with E-state index in [1.807, 2.05) is 12.1 Å². The van der Waals surface area contributed by atoms with Gasteiger partial charge in [0, 0.05) is 20.4 Å². The second-order valence-electron chi connectivity index (χ2n) is 8.82. The molecule has 174 valence electrons. The lowest BCUT2D eigenvalue weighted by Gasteiger charge is -2.51. The van der Waals surface area contributed by atoms with E-state index in [-0.39, 0.29) is 11.8 Å². The first-order chi connectivity index (χ1) is 15.3. The third-order valence-corrected chi connectivity index (χ3v) is 7.12. The number of amides is 1. The van der Waals surface area contributed by atoms with Gasteiger partial charge < -0.3 is 23.8 Å². The molecule has 1 saturated carbocycles. The number of methoxy groups -OCH3 is 2. The molecule has 8 nitrogen and oxygen atoms in total. The molecular weight excluding hydrogens is 414 g/mol. The van der Waals surface area contributed by atoms with Gasteiger partial charge in [-0.1, -0.05) is 19.3 Å². The molecule has 1 aromatic rings. The predicted octanol–water partition coefficient (Wildman–Crippen LogP) is 2.74. The summed E-state index contributed by atoms with van der Waals surface area (Å²) in [6.45, 7) is 3.04. The monoisotopic (exact) mass is 445 g/mol. The minimum absolute atomic E-state index is 0.0576. The molecule has 1 unspecified atom stereocenters. The van der Waals surface area contributed by atoms with Crippen LogP contribution in [-0.2, 0) is 35.8 Å². The summed E-state index contributed by atoms with van der Waals surface area (Å²) in [5.74, 6) is -0.174. The lowest BCUT2D eigenvalue weighted by atomic mass is 9.65. The molecule has 3 aliphatic rings. The Morgan fingerprint density at radius 1 is 0.969 bits per heavy atom. The number of nitrogens with zero attached hydrogens (tertiary/aromatic N) is 1. The molecule has 32 heavy (non-hydrogen) atoms. The highest BCUT2D eigenvalue weighted by Crippen LogP contribution is 2.56. The number of hydrogen-bond donors (Lipinski definition) is 0. The zero-order valence-corrected chi connectivity index (χ0v) is 19.1. The standard InChI is InChI=1S/C24H31NO7/c1-14(26)31-21-22(32-15(2)27)24(17-8-6-5-7-9-17)18-13-20(30-4)19(29-3)12-16(18)10-11-25(24)23(21)28/h12-13,17,21-22H,5-11H2,1-4H3/t21-,22-,24?/m1/s1. The number of carbonyl (C=O) groups is 3. The lowest BCUT2D eigenvalue weighted by molar-refractivity contribution is -0.171. The Morgan fingerprint density at radius 2 is 1.59 bits per heavy atom. The van der Waals surface area contributed by atoms with E-state index < -0.39 is 29.7 Å². The van der Waals surface area contributed by atoms with Gasteiger partial charge in [-0.15, -0.1) is 0 Å². The summed E-state index contributed by atoms with van der Waals surface area (Å²) >= 11 is 0. The van der Waals surface area contributed by atoms with Gasteiger partial charge in [-0.3, -0.25) is 14.4 Å². The normalized spacial score (nSPS) is 27.4. The van der Waals surface area contributed by atoms with Crippen molar-refractivity contribution in [2.45, 2.75) is 70.1 Å². The number of fused-ring (bicyclic) bond motifs is 3. The third-order valence-electron chi connectivity index (χ3n) is 7.12. The van der Waals surface area contributed by atoms with Crippen LogP contribution in [0.15, 0.2) is 12.1 Å². The maximum Gasteiger partial charge on any atom is 0.303 e. The molecule has 1 aliphatic carbocycles. The van der Waals surface area contributed by atoms with Gasteiger partial charge in [0.1, 0.15) is 5.54 Å². The van der Waals surface area contributed by atoms with Crippen molar-refractivity contribution < 1.29 is 33.3 Å². The summed E-state index contributed by atoms with van der Waals surface area (Å²) in [6.07, 6.45) is 3.49. The van der Waals surface area contributed by atoms with Gasteiger partial charge in [0.05, 0.1) is 14.2 Å². The van der Waals surface area contributed by atoms with E-state index in [2.05, 4.69) is 0 Å². The van der Waals surface area contributed by atoms with Crippen LogP contribution in [0.3, 0.4) is 0 Å². The SMILES string of the molecule is COc1cc2c(cc1OC)C1(C3CCCCC3)[C@H](OC(C)=O)[C@@H](OC(C)=O)C(=O)N1CC2. The van der Waals surface area contributed by atoms with Gasteiger partial charge in [-0.2, -0.15) is 0 Å². The van der Waals surface area contributed by atoms with Crippen molar-refractivity contribution in [3.63, 3.8) is 0 Å². The van der Waals surface area contributed by atoms with Gasteiger partial charge in [-0.05, 0) is 48.4 Å². The Balaban J connectivity index is 1.98. The van der Waals surface area contributed by atoms with Gasteiger partial charge in [0.15, 0.2) is 17.6 Å². The average Bonchev–Trinajstić information content (AvgIpc) is 3.01. The van der Waals surface area contributed by atoms with E-state index in [0.29, 0.717) is 24.5 Å². The molecular formula is C24H31NO7. The van der Waals surface area contributed by atoms with Crippen molar-refractivity contribution in [1.82, 2.24) is 4.90 Å². The van der Waals surface area contributed by atoms with Crippen LogP contribution in [0.5, 0.6) is 11.5 Å². The van der Waals surface area contributed by atoms with Gasteiger partial charge in [-0.25, -0.2) is 0 Å². The van der Waals surface area contributed by atoms with Crippen LogP contribution in [0.4, 0.5) is 0 Å². The van der Waals surface area contributed by atoms with Crippen LogP contribution in [0.25, 0.3) is 0 Å². The van der Waals surface area contributed by atoms with E-state index in [4.69, 9.17) is 18.9 Å². The number of esters is 2. The molecule has 3 atom stereocenters. The molecule has 0 N–H and O–H groups in total. The van der Waals surface area contributed by atoms with Crippen LogP contribution in [0, 0.1) is 5.92 Å². The van der Waals surface area contributed by atoms with Gasteiger partial charge >= 0.3 is 11.9 Å². The van der Waals surface area contributed by atoms with Crippen LogP contribution in [0.2, 0.25) is 0 Å². The maximum absolute atomic E-state index is 13.6. The summed E-state index contributed by atoms with van der Waals surface area (Å²) in [7, 11) is 3.16. The Morgan fingerprint density at radius 3 is 2.19 bits per heavy atom. The largest absolute Gasteiger partial charge is 0.493 e. The number of ether oxygens (including phenoxy) is 4. The van der Waals surface area contributed by atoms with Crippen LogP contribution >= 0.6 is 0 Å². The molecule has 2 aliphatic heterocycles. The summed E-state index contributed by atoms with van der Waals surface area (Å²) in [4.78, 5) is 39.6. The summed E-state index contributed by atoms with van der Waals surface area (Å²) in [6, 6.07) is 3.86. The smallest absolute Gasteiger partial charge is 0.303 e. The van der Waals surface area contributed by atoms with Crippen LogP contribution in [-0.4, -0.2) is 55.7 Å². The van der Waals surface area contributed by atoms with E-state index in [1.165, 1.54) is 13.8 Å². The molecule has 0 radical (unpaired) electrons. The molecule has 0 spiro atoms. The molecule has 0 bridgehead atoms. The second-order valence-corrected chi connectivity index (χ2v) is 8.82. The Hall–Kier alpha value is -2.77. The number of rotatable bonds is 5. The van der Waals surface area contributed by atoms with Gasteiger partial charge in [0.2, 0.25) is 6.10 Å². The zero-order valence-electron chi connectivity index (χ0n) is 19.1. The van der Waals surface area contributed by atoms with Crippen molar-refractivity contribution in [2.24, 2.45) is 5.92 Å². The summed E-state index contributed by atoms with van der Waals surface area (Å²) in [5, 5.41) is 0. The average molecular weight is 446 g/mol. The molecule has 1 aromatic carbocycles. The fourth-order valence-corrected chi connectivity index (χ4v) is 6.01. The maximum atomic E-state index is 13.6. The first-order valence-electron chi connectivity index (χ1n) is 11.3. The van der Waals surface area contributed by atoms with E-state index >= 15 is 0 Å². The highest BCUT2D eigenvalue weighted by atomic mass is 16.6. The number of carbonyl (C=O) groups excluding carboxylic acids is 3. The molecule has 4 rings (SSSR count). The first kappa shape index (κ1) is 22.4. The fourth-order valence-electron chi connectivity index (χ4n) is 6.01. The van der Waals surface area contributed by atoms with Crippen molar-refractivity contribution in [3.8, 4) is 11.5 Å². The zero-order chi connectivity index (χ0) is 23.0. The van der Waals surface area contributed by atoms with Crippen molar-refractivity contribution >= 4 is 17.8 Å². The van der Waals surface area contributed by atoms with Crippen molar-refractivity contribution in [2.75, 3.05) is 20.8 Å². The van der Waals surface area contributed by atoms with E-state index in [1.54, 1.807) is 19.1 Å². The Labute approximate surface area is 188 Å². The lowest BCUT2D eigenvalue weighted by Crippen LogP contribution is -2.58. The molecule has 1 saturated heterocycles. The fraction of sp³-hybridized carbons (Fsp3) is 0.625. The second kappa shape index (κ2) is 8.64. The summed E-state index contributed by atoms with van der Waals surface area (Å²) in [5.41, 5.74) is 0.997. The number of hydrogen-bond acceptors (Lipinski definition) is 7. The van der Waals surface area contributed by atoms with Crippen molar-refractivity contribution in [1.29, 1.82) is 0 Å². The topological polar surface area (TPSA) is 91.4 Å². The van der Waals surface area contributed by atoms with Crippen LogP contribution < -0.4 is 9.47 Å². The van der Waals surface area contributed by atoms with E-state index in [0.717, 1.165) is 43.2 Å². The Bertz CT molecular complexity index is 923. The highest BCUT2D eigenvalue weighted by Gasteiger charge is 2.67. The van der Waals surface area contributed by atoms with Crippen LogP contribution in [0.1, 0.15) is 57.1 Å².